The lowest BCUT2D eigenvalue weighted by Gasteiger charge is -2.11. The molecule has 0 unspecified atom stereocenters. The average Bonchev–Trinajstić information content (AvgIpc) is 2.55. The van der Waals surface area contributed by atoms with E-state index >= 15 is 0 Å². The molecule has 5 nitrogen and oxygen atoms in total. The zero-order valence-electron chi connectivity index (χ0n) is 13.6. The Balaban J connectivity index is 1.97. The van der Waals surface area contributed by atoms with Crippen LogP contribution >= 0.6 is 11.6 Å². The summed E-state index contributed by atoms with van der Waals surface area (Å²) in [6.07, 6.45) is 0.405. The number of halogens is 1. The number of carbonyl (C=O) groups is 2. The largest absolute Gasteiger partial charge is 0.482 e. The summed E-state index contributed by atoms with van der Waals surface area (Å²) < 4.78 is 5.43. The summed E-state index contributed by atoms with van der Waals surface area (Å²) in [6.45, 7) is 3.45. The number of amides is 1. The SMILES string of the molecule is CCC(=O)c1ccc(OCC(=O)Nc2ccc(Cl)cc2C)c(N)c1. The number of carbonyl (C=O) groups excluding carboxylic acids is 2. The molecule has 0 aliphatic heterocycles. The topological polar surface area (TPSA) is 81.4 Å². The van der Waals surface area contributed by atoms with Gasteiger partial charge in [-0.3, -0.25) is 9.59 Å². The Bertz CT molecular complexity index is 775. The highest BCUT2D eigenvalue weighted by Gasteiger charge is 2.10. The van der Waals surface area contributed by atoms with E-state index in [4.69, 9.17) is 22.1 Å². The van der Waals surface area contributed by atoms with Gasteiger partial charge in [-0.2, -0.15) is 0 Å². The van der Waals surface area contributed by atoms with Gasteiger partial charge in [0.1, 0.15) is 5.75 Å². The summed E-state index contributed by atoms with van der Waals surface area (Å²) in [6, 6.07) is 9.99. The molecule has 6 heteroatoms. The third-order valence-electron chi connectivity index (χ3n) is 3.47. The van der Waals surface area contributed by atoms with Gasteiger partial charge in [0.2, 0.25) is 0 Å². The Morgan fingerprint density at radius 1 is 1.21 bits per heavy atom. The average molecular weight is 347 g/mol. The van der Waals surface area contributed by atoms with Crippen LogP contribution in [-0.4, -0.2) is 18.3 Å². The molecule has 2 rings (SSSR count). The maximum absolute atomic E-state index is 12.0. The maximum atomic E-state index is 12.0. The summed E-state index contributed by atoms with van der Waals surface area (Å²) in [5, 5.41) is 3.36. The van der Waals surface area contributed by atoms with Crippen molar-refractivity contribution in [2.24, 2.45) is 0 Å². The van der Waals surface area contributed by atoms with Gasteiger partial charge < -0.3 is 15.8 Å². The minimum Gasteiger partial charge on any atom is -0.482 e. The first-order valence-electron chi connectivity index (χ1n) is 7.52. The van der Waals surface area contributed by atoms with Gasteiger partial charge in [-0.1, -0.05) is 18.5 Å². The van der Waals surface area contributed by atoms with E-state index in [0.717, 1.165) is 5.56 Å². The van der Waals surface area contributed by atoms with E-state index in [2.05, 4.69) is 5.32 Å². The van der Waals surface area contributed by atoms with Crippen LogP contribution in [-0.2, 0) is 4.79 Å². The number of rotatable bonds is 6. The number of hydrogen-bond donors (Lipinski definition) is 2. The minimum absolute atomic E-state index is 0.00390. The van der Waals surface area contributed by atoms with Crippen molar-refractivity contribution >= 4 is 34.7 Å². The number of nitrogens with two attached hydrogens (primary N) is 1. The lowest BCUT2D eigenvalue weighted by atomic mass is 10.1. The third-order valence-corrected chi connectivity index (χ3v) is 3.71. The van der Waals surface area contributed by atoms with Crippen LogP contribution in [0.25, 0.3) is 0 Å². The zero-order valence-corrected chi connectivity index (χ0v) is 14.3. The standard InChI is InChI=1S/C18H19ClN2O3/c1-3-16(22)12-4-7-17(14(20)9-12)24-10-18(23)21-15-6-5-13(19)8-11(15)2/h4-9H,3,10,20H2,1-2H3,(H,21,23). The smallest absolute Gasteiger partial charge is 0.262 e. The lowest BCUT2D eigenvalue weighted by molar-refractivity contribution is -0.118. The van der Waals surface area contributed by atoms with Crippen LogP contribution in [0, 0.1) is 6.92 Å². The molecule has 0 aliphatic rings. The second kappa shape index (κ2) is 7.84. The lowest BCUT2D eigenvalue weighted by Crippen LogP contribution is -2.21. The van der Waals surface area contributed by atoms with Crippen molar-refractivity contribution in [2.45, 2.75) is 20.3 Å². The molecule has 0 fully saturated rings. The van der Waals surface area contributed by atoms with E-state index in [0.29, 0.717) is 34.1 Å². The van der Waals surface area contributed by atoms with Crippen LogP contribution in [0.1, 0.15) is 29.3 Å². The molecule has 2 aromatic carbocycles. The van der Waals surface area contributed by atoms with Crippen LogP contribution in [0.2, 0.25) is 5.02 Å². The molecule has 0 aliphatic carbocycles. The van der Waals surface area contributed by atoms with Crippen molar-refractivity contribution in [3.63, 3.8) is 0 Å². The van der Waals surface area contributed by atoms with Crippen LogP contribution in [0.15, 0.2) is 36.4 Å². The molecular formula is C18H19ClN2O3. The Morgan fingerprint density at radius 2 is 1.96 bits per heavy atom. The van der Waals surface area contributed by atoms with Crippen molar-refractivity contribution in [3.05, 3.63) is 52.5 Å². The van der Waals surface area contributed by atoms with Crippen LogP contribution < -0.4 is 15.8 Å². The monoisotopic (exact) mass is 346 g/mol. The number of ketones is 1. The van der Waals surface area contributed by atoms with E-state index in [9.17, 15) is 9.59 Å². The normalized spacial score (nSPS) is 10.3. The molecule has 0 aromatic heterocycles. The number of aryl methyl sites for hydroxylation is 1. The predicted octanol–water partition coefficient (Wildman–Crippen LogP) is 3.84. The van der Waals surface area contributed by atoms with E-state index < -0.39 is 0 Å². The minimum atomic E-state index is -0.312. The van der Waals surface area contributed by atoms with Crippen molar-refractivity contribution < 1.29 is 14.3 Å². The molecule has 0 bridgehead atoms. The predicted molar refractivity (Wildman–Crippen MR) is 95.8 cm³/mol. The van der Waals surface area contributed by atoms with Crippen molar-refractivity contribution in [3.8, 4) is 5.75 Å². The highest BCUT2D eigenvalue weighted by atomic mass is 35.5. The number of hydrogen-bond acceptors (Lipinski definition) is 4. The summed E-state index contributed by atoms with van der Waals surface area (Å²) in [4.78, 5) is 23.6. The molecule has 0 heterocycles. The first-order valence-corrected chi connectivity index (χ1v) is 7.90. The molecule has 0 spiro atoms. The number of ether oxygens (including phenoxy) is 1. The zero-order chi connectivity index (χ0) is 17.7. The fraction of sp³-hybridized carbons (Fsp3) is 0.222. The molecule has 0 saturated carbocycles. The molecule has 24 heavy (non-hydrogen) atoms. The number of benzene rings is 2. The third kappa shape index (κ3) is 4.49. The summed E-state index contributed by atoms with van der Waals surface area (Å²) >= 11 is 5.88. The van der Waals surface area contributed by atoms with E-state index in [1.54, 1.807) is 43.3 Å². The molecule has 0 radical (unpaired) electrons. The Morgan fingerprint density at radius 3 is 2.58 bits per heavy atom. The van der Waals surface area contributed by atoms with Crippen LogP contribution in [0.5, 0.6) is 5.75 Å². The number of nitrogens with one attached hydrogen (secondary N) is 1. The Labute approximate surface area is 145 Å². The molecule has 0 atom stereocenters. The van der Waals surface area contributed by atoms with Crippen molar-refractivity contribution in [2.75, 3.05) is 17.7 Å². The second-order valence-electron chi connectivity index (χ2n) is 5.33. The molecular weight excluding hydrogens is 328 g/mol. The highest BCUT2D eigenvalue weighted by molar-refractivity contribution is 6.30. The van der Waals surface area contributed by atoms with Gasteiger partial charge in [0.25, 0.3) is 5.91 Å². The van der Waals surface area contributed by atoms with Gasteiger partial charge >= 0.3 is 0 Å². The molecule has 0 saturated heterocycles. The van der Waals surface area contributed by atoms with Gasteiger partial charge in [-0.25, -0.2) is 0 Å². The van der Waals surface area contributed by atoms with E-state index in [1.165, 1.54) is 0 Å². The molecule has 1 amide bonds. The Hall–Kier alpha value is -2.53. The Kier molecular flexibility index (Phi) is 5.82. The summed E-state index contributed by atoms with van der Waals surface area (Å²) in [5.74, 6) is 0.0587. The number of Topliss-reactive ketones (excluding diaryl/α,β-unsaturated/α-hetero) is 1. The van der Waals surface area contributed by atoms with Gasteiger partial charge in [-0.15, -0.1) is 0 Å². The number of anilines is 2. The fourth-order valence-corrected chi connectivity index (χ4v) is 2.38. The van der Waals surface area contributed by atoms with Crippen molar-refractivity contribution in [1.29, 1.82) is 0 Å². The van der Waals surface area contributed by atoms with Gasteiger partial charge in [0, 0.05) is 22.7 Å². The number of nitrogen functional groups attached to an aromatic ring is 1. The van der Waals surface area contributed by atoms with E-state index in [1.807, 2.05) is 6.92 Å². The van der Waals surface area contributed by atoms with Crippen molar-refractivity contribution in [1.82, 2.24) is 0 Å². The molecule has 3 N–H and O–H groups in total. The fourth-order valence-electron chi connectivity index (χ4n) is 2.15. The first kappa shape index (κ1) is 17.8. The van der Waals surface area contributed by atoms with Gasteiger partial charge in [-0.05, 0) is 48.9 Å². The summed E-state index contributed by atoms with van der Waals surface area (Å²) in [5.41, 5.74) is 8.26. The molecule has 2 aromatic rings. The van der Waals surface area contributed by atoms with Crippen LogP contribution in [0.4, 0.5) is 11.4 Å². The first-order chi connectivity index (χ1) is 11.4. The van der Waals surface area contributed by atoms with Crippen LogP contribution in [0.3, 0.4) is 0 Å². The quantitative estimate of drug-likeness (QED) is 0.615. The summed E-state index contributed by atoms with van der Waals surface area (Å²) in [7, 11) is 0. The maximum Gasteiger partial charge on any atom is 0.262 e. The van der Waals surface area contributed by atoms with Gasteiger partial charge in [0.15, 0.2) is 12.4 Å². The van der Waals surface area contributed by atoms with Gasteiger partial charge in [0.05, 0.1) is 5.69 Å². The highest BCUT2D eigenvalue weighted by Crippen LogP contribution is 2.23. The second-order valence-corrected chi connectivity index (χ2v) is 5.76. The van der Waals surface area contributed by atoms with E-state index in [-0.39, 0.29) is 18.3 Å². The molecule has 126 valence electrons.